The first-order valence-corrected chi connectivity index (χ1v) is 11.4. The Bertz CT molecular complexity index is 856. The van der Waals surface area contributed by atoms with Gasteiger partial charge in [-0.15, -0.1) is 0 Å². The van der Waals surface area contributed by atoms with Crippen LogP contribution in [0, 0.1) is 0 Å². The molecule has 0 radical (unpaired) electrons. The molecule has 2 aromatic rings. The fourth-order valence-corrected chi connectivity index (χ4v) is 4.62. The van der Waals surface area contributed by atoms with Crippen molar-refractivity contribution < 1.29 is 28.0 Å². The Morgan fingerprint density at radius 3 is 2.20 bits per heavy atom. The van der Waals surface area contributed by atoms with Crippen LogP contribution in [0.25, 0.3) is 0 Å². The van der Waals surface area contributed by atoms with Crippen LogP contribution in [0.3, 0.4) is 0 Å². The Morgan fingerprint density at radius 1 is 1.00 bits per heavy atom. The molecular formula is C21H27N2O6P. The number of carbonyl (C=O) groups is 1. The molecule has 1 aliphatic rings. The lowest BCUT2D eigenvalue weighted by Crippen LogP contribution is -2.37. The first-order valence-electron chi connectivity index (χ1n) is 9.89. The van der Waals surface area contributed by atoms with Gasteiger partial charge in [0.05, 0.1) is 12.8 Å². The summed E-state index contributed by atoms with van der Waals surface area (Å²) in [6.45, 7) is 1.58. The highest BCUT2D eigenvalue weighted by molar-refractivity contribution is 7.52. The quantitative estimate of drug-likeness (QED) is 0.316. The van der Waals surface area contributed by atoms with E-state index in [1.54, 1.807) is 55.5 Å². The molecule has 0 amide bonds. The third kappa shape index (κ3) is 6.49. The topological polar surface area (TPSA) is 95.1 Å². The number of carbonyl (C=O) groups excluding carboxylic acids is 1. The first kappa shape index (κ1) is 22.2. The van der Waals surface area contributed by atoms with Gasteiger partial charge >= 0.3 is 13.7 Å². The summed E-state index contributed by atoms with van der Waals surface area (Å²) in [5, 5.41) is 2.70. The molecule has 9 heteroatoms. The molecule has 0 aliphatic heterocycles. The predicted octanol–water partition coefficient (Wildman–Crippen LogP) is 4.69. The van der Waals surface area contributed by atoms with Crippen LogP contribution in [0.2, 0.25) is 0 Å². The number of rotatable bonds is 10. The maximum Gasteiger partial charge on any atom is 0.513 e. The van der Waals surface area contributed by atoms with Gasteiger partial charge in [-0.05, 0) is 69.0 Å². The van der Waals surface area contributed by atoms with Crippen molar-refractivity contribution >= 4 is 19.4 Å². The molecule has 2 aromatic carbocycles. The third-order valence-corrected chi connectivity index (χ3v) is 6.16. The van der Waals surface area contributed by atoms with Crippen LogP contribution < -0.4 is 19.6 Å². The molecule has 1 fully saturated rings. The zero-order chi connectivity index (χ0) is 21.4. The van der Waals surface area contributed by atoms with E-state index in [-0.39, 0.29) is 6.10 Å². The van der Waals surface area contributed by atoms with E-state index in [4.69, 9.17) is 18.6 Å². The number of hydrogen-bond acceptors (Lipinski definition) is 7. The number of benzene rings is 2. The molecule has 162 valence electrons. The van der Waals surface area contributed by atoms with E-state index in [1.807, 2.05) is 6.07 Å². The Hall–Kier alpha value is -2.54. The highest BCUT2D eigenvalue weighted by Crippen LogP contribution is 2.45. The Morgan fingerprint density at radius 2 is 1.60 bits per heavy atom. The molecular weight excluding hydrogens is 407 g/mol. The van der Waals surface area contributed by atoms with Gasteiger partial charge in [-0.1, -0.05) is 18.2 Å². The minimum atomic E-state index is -3.95. The maximum absolute atomic E-state index is 13.5. The van der Waals surface area contributed by atoms with E-state index in [9.17, 15) is 9.36 Å². The second-order valence-corrected chi connectivity index (χ2v) is 8.64. The SMILES string of the molecule is CONc1ccc(O[P@](=O)(N[C@@H](C)C(=O)OC2CCCC2)Oc2ccccc2)cc1. The molecule has 2 atom stereocenters. The summed E-state index contributed by atoms with van der Waals surface area (Å²) >= 11 is 0. The summed E-state index contributed by atoms with van der Waals surface area (Å²) in [4.78, 5) is 17.3. The van der Waals surface area contributed by atoms with E-state index < -0.39 is 19.8 Å². The maximum atomic E-state index is 13.5. The summed E-state index contributed by atoms with van der Waals surface area (Å²) in [5.74, 6) is 0.171. The zero-order valence-electron chi connectivity index (χ0n) is 17.1. The second kappa shape index (κ2) is 10.5. The van der Waals surface area contributed by atoms with Gasteiger partial charge in [-0.2, -0.15) is 5.09 Å². The molecule has 30 heavy (non-hydrogen) atoms. The summed E-state index contributed by atoms with van der Waals surface area (Å²) in [7, 11) is -2.45. The lowest BCUT2D eigenvalue weighted by atomic mass is 10.3. The average Bonchev–Trinajstić information content (AvgIpc) is 3.23. The van der Waals surface area contributed by atoms with Gasteiger partial charge in [0.1, 0.15) is 23.6 Å². The molecule has 0 heterocycles. The molecule has 0 bridgehead atoms. The van der Waals surface area contributed by atoms with E-state index >= 15 is 0 Å². The van der Waals surface area contributed by atoms with Crippen LogP contribution in [0.15, 0.2) is 54.6 Å². The summed E-state index contributed by atoms with van der Waals surface area (Å²) in [6, 6.07) is 14.4. The van der Waals surface area contributed by atoms with Gasteiger partial charge in [0, 0.05) is 0 Å². The van der Waals surface area contributed by atoms with Gasteiger partial charge in [0.15, 0.2) is 0 Å². The monoisotopic (exact) mass is 434 g/mol. The minimum absolute atomic E-state index is 0.0853. The Kier molecular flexibility index (Phi) is 7.74. The molecule has 3 rings (SSSR count). The number of nitrogens with one attached hydrogen (secondary N) is 2. The zero-order valence-corrected chi connectivity index (χ0v) is 18.0. The van der Waals surface area contributed by atoms with Gasteiger partial charge in [-0.3, -0.25) is 15.1 Å². The summed E-state index contributed by atoms with van der Waals surface area (Å²) in [6.07, 6.45) is 3.72. The first-order chi connectivity index (χ1) is 14.5. The number of ether oxygens (including phenoxy) is 1. The van der Waals surface area contributed by atoms with Crippen LogP contribution in [0.1, 0.15) is 32.6 Å². The molecule has 0 saturated heterocycles. The van der Waals surface area contributed by atoms with Crippen molar-refractivity contribution in [3.63, 3.8) is 0 Å². The van der Waals surface area contributed by atoms with Crippen LogP contribution in [-0.2, 0) is 18.9 Å². The number of esters is 1. The van der Waals surface area contributed by atoms with E-state index in [2.05, 4.69) is 10.6 Å². The number of hydrogen-bond donors (Lipinski definition) is 2. The average molecular weight is 434 g/mol. The fourth-order valence-electron chi connectivity index (χ4n) is 3.09. The third-order valence-electron chi connectivity index (χ3n) is 4.56. The minimum Gasteiger partial charge on any atom is -0.461 e. The molecule has 0 unspecified atom stereocenters. The van der Waals surface area contributed by atoms with Crippen molar-refractivity contribution in [2.45, 2.75) is 44.8 Å². The predicted molar refractivity (Wildman–Crippen MR) is 113 cm³/mol. The number of anilines is 1. The van der Waals surface area contributed by atoms with Crippen LogP contribution in [-0.4, -0.2) is 25.2 Å². The molecule has 0 aromatic heterocycles. The molecule has 0 spiro atoms. The molecule has 8 nitrogen and oxygen atoms in total. The lowest BCUT2D eigenvalue weighted by Gasteiger charge is -2.24. The summed E-state index contributed by atoms with van der Waals surface area (Å²) < 4.78 is 30.3. The van der Waals surface area contributed by atoms with Crippen molar-refractivity contribution in [1.29, 1.82) is 0 Å². The van der Waals surface area contributed by atoms with Gasteiger partial charge in [0.25, 0.3) is 0 Å². The molecule has 2 N–H and O–H groups in total. The fraction of sp³-hybridized carbons (Fsp3) is 0.381. The van der Waals surface area contributed by atoms with Crippen LogP contribution >= 0.6 is 7.75 Å². The molecule has 1 aliphatic carbocycles. The van der Waals surface area contributed by atoms with Crippen molar-refractivity contribution in [1.82, 2.24) is 5.09 Å². The summed E-state index contributed by atoms with van der Waals surface area (Å²) in [5.41, 5.74) is 3.39. The molecule has 1 saturated carbocycles. The van der Waals surface area contributed by atoms with Crippen molar-refractivity contribution in [2.24, 2.45) is 0 Å². The van der Waals surface area contributed by atoms with E-state index in [0.29, 0.717) is 17.2 Å². The standard InChI is InChI=1S/C21H27N2O6P/c1-16(21(24)27-18-8-6-7-9-18)23-30(25,28-19-10-4-3-5-11-19)29-20-14-12-17(13-15-20)22-26-2/h3-5,10-16,18,22H,6-9H2,1-2H3,(H,23,25)/t16-,30-/m0/s1. The van der Waals surface area contributed by atoms with E-state index in [1.165, 1.54) is 7.11 Å². The second-order valence-electron chi connectivity index (χ2n) is 7.02. The highest BCUT2D eigenvalue weighted by Gasteiger charge is 2.34. The lowest BCUT2D eigenvalue weighted by molar-refractivity contribution is -0.150. The van der Waals surface area contributed by atoms with Crippen molar-refractivity contribution in [3.05, 3.63) is 54.6 Å². The smallest absolute Gasteiger partial charge is 0.461 e. The van der Waals surface area contributed by atoms with Crippen molar-refractivity contribution in [2.75, 3.05) is 12.6 Å². The van der Waals surface area contributed by atoms with Crippen LogP contribution in [0.4, 0.5) is 5.69 Å². The Labute approximate surface area is 176 Å². The normalized spacial score (nSPS) is 17.0. The van der Waals surface area contributed by atoms with Crippen molar-refractivity contribution in [3.8, 4) is 11.5 Å². The van der Waals surface area contributed by atoms with Crippen LogP contribution in [0.5, 0.6) is 11.5 Å². The Balaban J connectivity index is 1.72. The van der Waals surface area contributed by atoms with Gasteiger partial charge in [-0.25, -0.2) is 4.57 Å². The van der Waals surface area contributed by atoms with Gasteiger partial charge < -0.3 is 13.8 Å². The largest absolute Gasteiger partial charge is 0.513 e. The number of para-hydroxylation sites is 1. The highest BCUT2D eigenvalue weighted by atomic mass is 31.2. The van der Waals surface area contributed by atoms with Gasteiger partial charge in [0.2, 0.25) is 0 Å². The van der Waals surface area contributed by atoms with E-state index in [0.717, 1.165) is 25.7 Å².